The van der Waals surface area contributed by atoms with Crippen LogP contribution >= 0.6 is 11.5 Å². The molecule has 1 aliphatic heterocycles. The predicted molar refractivity (Wildman–Crippen MR) is 133 cm³/mol. The van der Waals surface area contributed by atoms with Gasteiger partial charge >= 0.3 is 0 Å². The third-order valence-corrected chi connectivity index (χ3v) is 9.11. The van der Waals surface area contributed by atoms with Crippen LogP contribution in [0.4, 0.5) is 0 Å². The van der Waals surface area contributed by atoms with Crippen LogP contribution in [0.2, 0.25) is 0 Å². The maximum absolute atomic E-state index is 13.1. The number of piperidine rings is 1. The molecule has 0 radical (unpaired) electrons. The van der Waals surface area contributed by atoms with Crippen molar-refractivity contribution >= 4 is 38.3 Å². The number of carbonyl (C=O) groups excluding carboxylic acids is 1. The van der Waals surface area contributed by atoms with Gasteiger partial charge in [0, 0.05) is 31.0 Å². The highest BCUT2D eigenvalue weighted by Crippen LogP contribution is 2.35. The number of hydrogen-bond acceptors (Lipinski definition) is 8. The van der Waals surface area contributed by atoms with Crippen molar-refractivity contribution in [1.82, 2.24) is 19.2 Å². The van der Waals surface area contributed by atoms with Crippen molar-refractivity contribution in [3.8, 4) is 0 Å². The molecule has 180 valence electrons. The molecule has 3 heterocycles. The number of carbonyl (C=O) groups is 1. The first kappa shape index (κ1) is 23.5. The first-order chi connectivity index (χ1) is 16.7. The summed E-state index contributed by atoms with van der Waals surface area (Å²) in [5.74, 6) is -0.339. The fraction of sp³-hybridized carbons (Fsp3) is 0.280. The number of rotatable bonds is 5. The molecule has 1 N–H and O–H groups in total. The Morgan fingerprint density at radius 2 is 1.80 bits per heavy atom. The molecule has 5 rings (SSSR count). The Labute approximate surface area is 207 Å². The molecular weight excluding hydrogens is 484 g/mol. The molecule has 0 atom stereocenters. The highest BCUT2D eigenvalue weighted by atomic mass is 32.2. The predicted octanol–water partition coefficient (Wildman–Crippen LogP) is 3.49. The van der Waals surface area contributed by atoms with Crippen LogP contribution in [-0.4, -0.2) is 51.8 Å². The van der Waals surface area contributed by atoms with Gasteiger partial charge in [-0.05, 0) is 67.2 Å². The molecule has 0 spiro atoms. The van der Waals surface area contributed by atoms with Crippen molar-refractivity contribution in [2.45, 2.75) is 36.0 Å². The van der Waals surface area contributed by atoms with Crippen molar-refractivity contribution in [2.75, 3.05) is 13.1 Å². The van der Waals surface area contributed by atoms with Crippen molar-refractivity contribution < 1.29 is 18.3 Å². The first-order valence-electron chi connectivity index (χ1n) is 11.2. The summed E-state index contributed by atoms with van der Waals surface area (Å²) in [6.07, 6.45) is 3.90. The van der Waals surface area contributed by atoms with E-state index in [4.69, 9.17) is 0 Å². The second kappa shape index (κ2) is 9.10. The lowest BCUT2D eigenvalue weighted by molar-refractivity contribution is -0.0183. The van der Waals surface area contributed by atoms with Gasteiger partial charge in [-0.15, -0.1) is 0 Å². The summed E-state index contributed by atoms with van der Waals surface area (Å²) >= 11 is 1.31. The van der Waals surface area contributed by atoms with E-state index in [2.05, 4.69) is 14.3 Å². The monoisotopic (exact) mass is 508 g/mol. The van der Waals surface area contributed by atoms with E-state index in [0.717, 1.165) is 10.6 Å². The van der Waals surface area contributed by atoms with E-state index in [1.807, 2.05) is 13.0 Å². The number of aliphatic hydroxyl groups is 1. The van der Waals surface area contributed by atoms with Gasteiger partial charge in [-0.1, -0.05) is 18.2 Å². The van der Waals surface area contributed by atoms with Gasteiger partial charge in [-0.3, -0.25) is 14.8 Å². The standard InChI is InChI=1S/C25H24N4O4S2/c1-17-15-22(34-28-17)25(31)9-13-29(14-10-25)24(30)19-7-5-18(6-8-19)16-35(32,33)21-4-2-3-20-23(21)27-12-11-26-20/h2-8,11-12,15,31H,9-10,13-14,16H2,1H3. The van der Waals surface area contributed by atoms with Crippen LogP contribution in [0.5, 0.6) is 0 Å². The quantitative estimate of drug-likeness (QED) is 0.439. The Bertz CT molecular complexity index is 1490. The number of amides is 1. The third-order valence-electron chi connectivity index (χ3n) is 6.32. The zero-order chi connectivity index (χ0) is 24.6. The average Bonchev–Trinajstić information content (AvgIpc) is 3.31. The minimum Gasteiger partial charge on any atom is -0.384 e. The maximum Gasteiger partial charge on any atom is 0.253 e. The molecule has 0 bridgehead atoms. The number of sulfone groups is 1. The molecule has 1 saturated heterocycles. The van der Waals surface area contributed by atoms with E-state index < -0.39 is 15.4 Å². The molecule has 4 aromatic rings. The van der Waals surface area contributed by atoms with E-state index >= 15 is 0 Å². The summed E-state index contributed by atoms with van der Waals surface area (Å²) < 4.78 is 30.4. The second-order valence-electron chi connectivity index (χ2n) is 8.79. The van der Waals surface area contributed by atoms with E-state index in [0.29, 0.717) is 48.1 Å². The molecule has 10 heteroatoms. The molecule has 1 fully saturated rings. The van der Waals surface area contributed by atoms with Crippen LogP contribution in [-0.2, 0) is 21.2 Å². The Hall–Kier alpha value is -3.21. The summed E-state index contributed by atoms with van der Waals surface area (Å²) in [4.78, 5) is 24.1. The number of benzene rings is 2. The summed E-state index contributed by atoms with van der Waals surface area (Å²) in [7, 11) is -3.66. The highest BCUT2D eigenvalue weighted by Gasteiger charge is 2.37. The minimum absolute atomic E-state index is 0.133. The molecule has 2 aromatic heterocycles. The van der Waals surface area contributed by atoms with E-state index in [1.165, 1.54) is 30.0 Å². The number of para-hydroxylation sites is 1. The molecule has 0 aliphatic carbocycles. The molecule has 35 heavy (non-hydrogen) atoms. The molecule has 0 saturated carbocycles. The van der Waals surface area contributed by atoms with Crippen LogP contribution in [0, 0.1) is 6.92 Å². The molecular formula is C25H24N4O4S2. The van der Waals surface area contributed by atoms with Crippen molar-refractivity contribution in [3.05, 3.63) is 82.6 Å². The third kappa shape index (κ3) is 4.69. The lowest BCUT2D eigenvalue weighted by Crippen LogP contribution is -2.44. The topological polar surface area (TPSA) is 113 Å². The van der Waals surface area contributed by atoms with Crippen LogP contribution in [0.25, 0.3) is 11.0 Å². The largest absolute Gasteiger partial charge is 0.384 e. The SMILES string of the molecule is Cc1cc(C2(O)CCN(C(=O)c3ccc(CS(=O)(=O)c4cccc5nccnc45)cc3)CC2)sn1. The lowest BCUT2D eigenvalue weighted by Gasteiger charge is -2.37. The molecule has 0 unspecified atom stereocenters. The maximum atomic E-state index is 13.1. The number of fused-ring (bicyclic) bond motifs is 1. The normalized spacial score (nSPS) is 15.9. The van der Waals surface area contributed by atoms with Crippen LogP contribution in [0.15, 0.2) is 65.8 Å². The number of aromatic nitrogens is 3. The van der Waals surface area contributed by atoms with Gasteiger partial charge in [-0.25, -0.2) is 8.42 Å². The second-order valence-corrected chi connectivity index (χ2v) is 11.6. The van der Waals surface area contributed by atoms with Crippen molar-refractivity contribution in [3.63, 3.8) is 0 Å². The minimum atomic E-state index is -3.66. The molecule has 1 aliphatic rings. The zero-order valence-electron chi connectivity index (χ0n) is 19.1. The van der Waals surface area contributed by atoms with Gasteiger partial charge < -0.3 is 10.0 Å². The zero-order valence-corrected chi connectivity index (χ0v) is 20.7. The van der Waals surface area contributed by atoms with E-state index in [-0.39, 0.29) is 16.6 Å². The van der Waals surface area contributed by atoms with Gasteiger partial charge in [0.25, 0.3) is 5.91 Å². The number of likely N-dealkylation sites (tertiary alicyclic amines) is 1. The molecule has 2 aromatic carbocycles. The Kier molecular flexibility index (Phi) is 6.12. The van der Waals surface area contributed by atoms with E-state index in [9.17, 15) is 18.3 Å². The van der Waals surface area contributed by atoms with E-state index in [1.54, 1.807) is 41.3 Å². The molecule has 1 amide bonds. The van der Waals surface area contributed by atoms with Gasteiger partial charge in [0.05, 0.1) is 26.7 Å². The highest BCUT2D eigenvalue weighted by molar-refractivity contribution is 7.90. The Morgan fingerprint density at radius 3 is 2.49 bits per heavy atom. The Morgan fingerprint density at radius 1 is 1.09 bits per heavy atom. The van der Waals surface area contributed by atoms with Crippen molar-refractivity contribution in [2.24, 2.45) is 0 Å². The molecule has 8 nitrogen and oxygen atoms in total. The summed E-state index contributed by atoms with van der Waals surface area (Å²) in [5, 5.41) is 11.0. The first-order valence-corrected chi connectivity index (χ1v) is 13.6. The van der Waals surface area contributed by atoms with Crippen LogP contribution in [0.3, 0.4) is 0 Å². The smallest absolute Gasteiger partial charge is 0.253 e. The van der Waals surface area contributed by atoms with Crippen LogP contribution in [0.1, 0.15) is 39.3 Å². The fourth-order valence-electron chi connectivity index (χ4n) is 4.35. The van der Waals surface area contributed by atoms with Gasteiger partial charge in [0.15, 0.2) is 9.84 Å². The number of aryl methyl sites for hydroxylation is 1. The fourth-order valence-corrected chi connectivity index (χ4v) is 6.77. The summed E-state index contributed by atoms with van der Waals surface area (Å²) in [6, 6.07) is 13.5. The summed E-state index contributed by atoms with van der Waals surface area (Å²) in [5.41, 5.74) is 1.87. The lowest BCUT2D eigenvalue weighted by atomic mass is 9.89. The van der Waals surface area contributed by atoms with Crippen molar-refractivity contribution in [1.29, 1.82) is 0 Å². The van der Waals surface area contributed by atoms with Gasteiger partial charge in [0.2, 0.25) is 0 Å². The Balaban J connectivity index is 1.27. The van der Waals surface area contributed by atoms with Gasteiger partial charge in [-0.2, -0.15) is 4.37 Å². The van der Waals surface area contributed by atoms with Crippen LogP contribution < -0.4 is 0 Å². The summed E-state index contributed by atoms with van der Waals surface area (Å²) in [6.45, 7) is 2.77. The number of nitrogens with zero attached hydrogens (tertiary/aromatic N) is 4. The number of hydrogen-bond donors (Lipinski definition) is 1. The van der Waals surface area contributed by atoms with Gasteiger partial charge in [0.1, 0.15) is 11.1 Å². The average molecular weight is 509 g/mol.